The van der Waals surface area contributed by atoms with Crippen LogP contribution < -0.4 is 0 Å². The van der Waals surface area contributed by atoms with Gasteiger partial charge in [-0.05, 0) is 48.5 Å². The summed E-state index contributed by atoms with van der Waals surface area (Å²) in [6.07, 6.45) is 3.71. The van der Waals surface area contributed by atoms with E-state index >= 15 is 0 Å². The Morgan fingerprint density at radius 3 is 2.42 bits per heavy atom. The molecule has 4 heterocycles. The number of aryl methyl sites for hydroxylation is 1. The summed E-state index contributed by atoms with van der Waals surface area (Å²) >= 11 is 1.66. The van der Waals surface area contributed by atoms with Crippen LogP contribution in [0.5, 0.6) is 0 Å². The molecule has 0 aliphatic heterocycles. The van der Waals surface area contributed by atoms with Crippen LogP contribution in [0.15, 0.2) is 121 Å². The number of pyridine rings is 1. The van der Waals surface area contributed by atoms with Crippen molar-refractivity contribution in [1.29, 1.82) is 0 Å². The van der Waals surface area contributed by atoms with Crippen molar-refractivity contribution in [3.8, 4) is 38.9 Å². The lowest BCUT2D eigenvalue weighted by Gasteiger charge is -2.12. The van der Waals surface area contributed by atoms with E-state index in [1.807, 2.05) is 36.0 Å². The molecule has 0 aliphatic rings. The van der Waals surface area contributed by atoms with Crippen LogP contribution in [0, 0.1) is 0 Å². The fourth-order valence-electron chi connectivity index (χ4n) is 5.74. The third kappa shape index (κ3) is 3.50. The molecule has 0 aliphatic carbocycles. The zero-order valence-corrected chi connectivity index (χ0v) is 22.5. The van der Waals surface area contributed by atoms with Crippen LogP contribution in [0.1, 0.15) is 0 Å². The molecule has 0 saturated carbocycles. The Labute approximate surface area is 234 Å². The van der Waals surface area contributed by atoms with Gasteiger partial charge < -0.3 is 9.13 Å². The third-order valence-electron chi connectivity index (χ3n) is 7.56. The smallest absolute Gasteiger partial charge is 0.140 e. The zero-order valence-electron chi connectivity index (χ0n) is 21.7. The van der Waals surface area contributed by atoms with Gasteiger partial charge in [0.25, 0.3) is 0 Å². The van der Waals surface area contributed by atoms with E-state index in [9.17, 15) is 0 Å². The SMILES string of the molecule is Cn1c(-c2ccc3c4cccc(-c5nccs5)c4n(-c4cccc(-c5ccccn5)c4)c3c2)nc2ccccc21. The largest absolute Gasteiger partial charge is 0.327 e. The molecule has 4 aromatic heterocycles. The normalized spacial score (nSPS) is 11.6. The molecule has 5 nitrogen and oxygen atoms in total. The van der Waals surface area contributed by atoms with E-state index in [0.717, 1.165) is 61.0 Å². The van der Waals surface area contributed by atoms with Gasteiger partial charge in [-0.3, -0.25) is 4.98 Å². The van der Waals surface area contributed by atoms with Crippen molar-refractivity contribution >= 4 is 44.2 Å². The van der Waals surface area contributed by atoms with Crippen LogP contribution in [0.4, 0.5) is 0 Å². The van der Waals surface area contributed by atoms with Crippen molar-refractivity contribution in [1.82, 2.24) is 24.1 Å². The minimum atomic E-state index is 0.947. The number of fused-ring (bicyclic) bond motifs is 4. The Morgan fingerprint density at radius 2 is 1.57 bits per heavy atom. The minimum absolute atomic E-state index is 0.947. The maximum absolute atomic E-state index is 4.99. The van der Waals surface area contributed by atoms with E-state index in [4.69, 9.17) is 4.98 Å². The van der Waals surface area contributed by atoms with Gasteiger partial charge in [-0.1, -0.05) is 54.6 Å². The first kappa shape index (κ1) is 22.9. The molecular weight excluding hydrogens is 510 g/mol. The quantitative estimate of drug-likeness (QED) is 0.228. The first-order valence-corrected chi connectivity index (χ1v) is 14.0. The molecule has 0 amide bonds. The van der Waals surface area contributed by atoms with E-state index in [1.54, 1.807) is 11.3 Å². The average Bonchev–Trinajstić information content (AvgIpc) is 3.74. The van der Waals surface area contributed by atoms with E-state index in [-0.39, 0.29) is 0 Å². The first-order valence-electron chi connectivity index (χ1n) is 13.2. The monoisotopic (exact) mass is 533 g/mol. The second-order valence-corrected chi connectivity index (χ2v) is 10.7. The van der Waals surface area contributed by atoms with Crippen molar-refractivity contribution in [2.45, 2.75) is 0 Å². The second-order valence-electron chi connectivity index (χ2n) is 9.85. The predicted molar refractivity (Wildman–Crippen MR) is 165 cm³/mol. The summed E-state index contributed by atoms with van der Waals surface area (Å²) in [7, 11) is 2.08. The number of aromatic nitrogens is 5. The van der Waals surface area contributed by atoms with Gasteiger partial charge in [0, 0.05) is 58.0 Å². The fourth-order valence-corrected chi connectivity index (χ4v) is 6.41. The van der Waals surface area contributed by atoms with E-state index in [0.29, 0.717) is 0 Å². The van der Waals surface area contributed by atoms with Gasteiger partial charge in [0.2, 0.25) is 0 Å². The van der Waals surface area contributed by atoms with Gasteiger partial charge in [0.1, 0.15) is 10.8 Å². The summed E-state index contributed by atoms with van der Waals surface area (Å²) in [4.78, 5) is 14.3. The number of nitrogens with zero attached hydrogens (tertiary/aromatic N) is 5. The van der Waals surface area contributed by atoms with Crippen molar-refractivity contribution in [3.05, 3.63) is 121 Å². The van der Waals surface area contributed by atoms with Gasteiger partial charge in [0.05, 0.1) is 27.8 Å². The number of thiazole rings is 1. The molecule has 0 spiro atoms. The van der Waals surface area contributed by atoms with Gasteiger partial charge in [-0.15, -0.1) is 11.3 Å². The predicted octanol–water partition coefficient (Wildman–Crippen LogP) is 8.52. The summed E-state index contributed by atoms with van der Waals surface area (Å²) in [6, 6.07) is 36.1. The highest BCUT2D eigenvalue weighted by Gasteiger charge is 2.19. The number of hydrogen-bond donors (Lipinski definition) is 0. The Kier molecular flexibility index (Phi) is 5.15. The fraction of sp³-hybridized carbons (Fsp3) is 0.0294. The van der Waals surface area contributed by atoms with Crippen LogP contribution in [-0.4, -0.2) is 24.1 Å². The lowest BCUT2D eigenvalue weighted by atomic mass is 10.1. The molecule has 40 heavy (non-hydrogen) atoms. The maximum atomic E-state index is 4.99. The number of benzene rings is 4. The van der Waals surface area contributed by atoms with Gasteiger partial charge in [-0.2, -0.15) is 0 Å². The summed E-state index contributed by atoms with van der Waals surface area (Å²) in [5.74, 6) is 0.947. The summed E-state index contributed by atoms with van der Waals surface area (Å²) < 4.78 is 4.55. The number of hydrogen-bond acceptors (Lipinski definition) is 4. The maximum Gasteiger partial charge on any atom is 0.140 e. The van der Waals surface area contributed by atoms with E-state index < -0.39 is 0 Å². The van der Waals surface area contributed by atoms with Gasteiger partial charge in [-0.25, -0.2) is 9.97 Å². The van der Waals surface area contributed by atoms with Crippen LogP contribution in [0.3, 0.4) is 0 Å². The minimum Gasteiger partial charge on any atom is -0.327 e. The van der Waals surface area contributed by atoms with Crippen molar-refractivity contribution in [3.63, 3.8) is 0 Å². The molecule has 0 bridgehead atoms. The Hall–Kier alpha value is -5.07. The van der Waals surface area contributed by atoms with E-state index in [1.165, 1.54) is 10.8 Å². The third-order valence-corrected chi connectivity index (χ3v) is 8.37. The average molecular weight is 534 g/mol. The Bertz CT molecular complexity index is 2170. The lowest BCUT2D eigenvalue weighted by molar-refractivity contribution is 0.959. The molecule has 0 atom stereocenters. The molecule has 0 N–H and O–H groups in total. The van der Waals surface area contributed by atoms with Crippen LogP contribution in [-0.2, 0) is 7.05 Å². The molecule has 0 fully saturated rings. The zero-order chi connectivity index (χ0) is 26.6. The Morgan fingerprint density at radius 1 is 0.675 bits per heavy atom. The number of imidazole rings is 1. The van der Waals surface area contributed by atoms with Gasteiger partial charge >= 0.3 is 0 Å². The summed E-state index contributed by atoms with van der Waals surface area (Å²) in [5, 5.41) is 5.43. The highest BCUT2D eigenvalue weighted by molar-refractivity contribution is 7.13. The van der Waals surface area contributed by atoms with Crippen LogP contribution in [0.2, 0.25) is 0 Å². The lowest BCUT2D eigenvalue weighted by Crippen LogP contribution is -1.97. The molecule has 0 radical (unpaired) electrons. The highest BCUT2D eigenvalue weighted by Crippen LogP contribution is 2.40. The van der Waals surface area contributed by atoms with Crippen molar-refractivity contribution in [2.24, 2.45) is 7.05 Å². The molecule has 8 aromatic rings. The molecule has 6 heteroatoms. The number of rotatable bonds is 4. The van der Waals surface area contributed by atoms with Gasteiger partial charge in [0.15, 0.2) is 0 Å². The highest BCUT2D eigenvalue weighted by atomic mass is 32.1. The topological polar surface area (TPSA) is 48.5 Å². The standard InChI is InChI=1S/C34H23N5S/c1-38-30-14-3-2-13-29(30)37-33(38)23-15-16-25-26-10-7-11-27(34-36-18-19-40-34)32(26)39(31(25)21-23)24-9-6-8-22(20-24)28-12-4-5-17-35-28/h2-21H,1H3. The molecule has 0 saturated heterocycles. The van der Waals surface area contributed by atoms with Crippen LogP contribution in [0.25, 0.3) is 71.7 Å². The number of para-hydroxylation sites is 3. The summed E-state index contributed by atoms with van der Waals surface area (Å²) in [6.45, 7) is 0. The van der Waals surface area contributed by atoms with Crippen molar-refractivity contribution < 1.29 is 0 Å². The molecule has 190 valence electrons. The van der Waals surface area contributed by atoms with Crippen molar-refractivity contribution in [2.75, 3.05) is 0 Å². The molecule has 4 aromatic carbocycles. The molecule has 0 unspecified atom stereocenters. The Balaban J connectivity index is 1.45. The van der Waals surface area contributed by atoms with Crippen LogP contribution >= 0.6 is 11.3 Å². The molecular formula is C34H23N5S. The molecule has 8 rings (SSSR count). The summed E-state index contributed by atoms with van der Waals surface area (Å²) in [5.41, 5.74) is 9.69. The first-order chi connectivity index (χ1) is 19.8. The van der Waals surface area contributed by atoms with E-state index in [2.05, 4.69) is 111 Å². The second kappa shape index (κ2) is 9.00.